The Morgan fingerprint density at radius 3 is 2.57 bits per heavy atom. The second kappa shape index (κ2) is 11.6. The highest BCUT2D eigenvalue weighted by Crippen LogP contribution is 2.30. The maximum atomic E-state index is 15.2. The molecule has 1 aliphatic heterocycles. The highest BCUT2D eigenvalue weighted by molar-refractivity contribution is 5.75. The molecule has 1 aliphatic rings. The van der Waals surface area contributed by atoms with E-state index in [1.165, 1.54) is 17.0 Å². The minimum absolute atomic E-state index is 0.0461. The van der Waals surface area contributed by atoms with Crippen molar-refractivity contribution in [3.8, 4) is 0 Å². The number of aromatic nitrogens is 2. The topological polar surface area (TPSA) is 108 Å². The lowest BCUT2D eigenvalue weighted by molar-refractivity contribution is -0.137. The van der Waals surface area contributed by atoms with Gasteiger partial charge >= 0.3 is 6.18 Å². The van der Waals surface area contributed by atoms with Crippen LogP contribution in [0.5, 0.6) is 0 Å². The molecule has 0 aliphatic carbocycles. The first-order chi connectivity index (χ1) is 16.6. The number of nitrogens with two attached hydrogens (primary N) is 1. The number of nitrogens with one attached hydrogen (secondary N) is 1. The van der Waals surface area contributed by atoms with Crippen LogP contribution >= 0.6 is 0 Å². The first-order valence-electron chi connectivity index (χ1n) is 11.0. The Morgan fingerprint density at radius 1 is 1.26 bits per heavy atom. The van der Waals surface area contributed by atoms with Gasteiger partial charge in [0.1, 0.15) is 13.0 Å². The van der Waals surface area contributed by atoms with Crippen LogP contribution in [-0.2, 0) is 17.5 Å². The molecule has 3 rings (SSSR count). The number of aliphatic hydroxyl groups excluding tert-OH is 1. The zero-order valence-corrected chi connectivity index (χ0v) is 18.8. The van der Waals surface area contributed by atoms with E-state index >= 15 is 4.39 Å². The van der Waals surface area contributed by atoms with E-state index in [0.29, 0.717) is 18.5 Å². The lowest BCUT2D eigenvalue weighted by Crippen LogP contribution is -2.48. The Balaban J connectivity index is 1.67. The van der Waals surface area contributed by atoms with Gasteiger partial charge in [-0.05, 0) is 30.7 Å². The smallest absolute Gasteiger partial charge is 0.391 e. The van der Waals surface area contributed by atoms with Crippen LogP contribution < -0.4 is 16.0 Å². The molecule has 0 saturated carbocycles. The maximum Gasteiger partial charge on any atom is 0.416 e. The van der Waals surface area contributed by atoms with E-state index < -0.39 is 36.2 Å². The molecule has 1 amide bonds. The summed E-state index contributed by atoms with van der Waals surface area (Å²) < 4.78 is 66.8. The molecule has 1 saturated heterocycles. The zero-order valence-electron chi connectivity index (χ0n) is 18.8. The Morgan fingerprint density at radius 2 is 1.97 bits per heavy atom. The molecule has 0 bridgehead atoms. The number of primary amides is 1. The number of piperidine rings is 1. The minimum atomic E-state index is -4.48. The Bertz CT molecular complexity index is 991. The lowest BCUT2D eigenvalue weighted by atomic mass is 9.93. The number of alkyl halides is 4. The number of halogens is 5. The van der Waals surface area contributed by atoms with Crippen molar-refractivity contribution in [1.82, 2.24) is 14.9 Å². The average Bonchev–Trinajstić information content (AvgIpc) is 2.78. The van der Waals surface area contributed by atoms with E-state index in [0.717, 1.165) is 18.5 Å². The molecule has 192 valence electrons. The summed E-state index contributed by atoms with van der Waals surface area (Å²) >= 11 is 0. The van der Waals surface area contributed by atoms with Crippen molar-refractivity contribution in [1.29, 1.82) is 0 Å². The lowest BCUT2D eigenvalue weighted by Gasteiger charge is -2.35. The molecule has 4 N–H and O–H groups in total. The molecule has 2 aromatic rings. The number of nitrogens with zero attached hydrogens (tertiary/aromatic N) is 4. The summed E-state index contributed by atoms with van der Waals surface area (Å²) in [4.78, 5) is 21.9. The van der Waals surface area contributed by atoms with Crippen molar-refractivity contribution in [2.24, 2.45) is 11.7 Å². The molecule has 1 aromatic heterocycles. The number of rotatable bonds is 10. The van der Waals surface area contributed by atoms with Crippen molar-refractivity contribution in [2.75, 3.05) is 49.6 Å². The van der Waals surface area contributed by atoms with Gasteiger partial charge in [0.25, 0.3) is 0 Å². The van der Waals surface area contributed by atoms with Gasteiger partial charge in [-0.1, -0.05) is 12.1 Å². The first-order valence-corrected chi connectivity index (χ1v) is 11.0. The standard InChI is InChI=1S/C22H27F5N6O2/c23-6-8-33(10-14-1-3-16(4-2-14)22(25,26)27)21-19(24)20(30-13-31-21)29-9-15-5-7-32(11-17(15)34)12-18(28)35/h1-4,13,15,17,34H,5-12H2,(H2,28,35)(H,29,30,31)/t15-,17+/m0/s1. The van der Waals surface area contributed by atoms with E-state index in [2.05, 4.69) is 15.3 Å². The van der Waals surface area contributed by atoms with Crippen molar-refractivity contribution in [3.63, 3.8) is 0 Å². The van der Waals surface area contributed by atoms with Gasteiger partial charge < -0.3 is 21.1 Å². The maximum absolute atomic E-state index is 15.2. The van der Waals surface area contributed by atoms with Gasteiger partial charge in [-0.2, -0.15) is 17.6 Å². The fourth-order valence-corrected chi connectivity index (χ4v) is 3.96. The van der Waals surface area contributed by atoms with Crippen LogP contribution in [0, 0.1) is 11.7 Å². The van der Waals surface area contributed by atoms with Gasteiger partial charge in [-0.25, -0.2) is 14.4 Å². The van der Waals surface area contributed by atoms with Crippen LogP contribution in [0.2, 0.25) is 0 Å². The fraction of sp³-hybridized carbons (Fsp3) is 0.500. The van der Waals surface area contributed by atoms with E-state index in [-0.39, 0.29) is 50.3 Å². The summed E-state index contributed by atoms with van der Waals surface area (Å²) in [5.74, 6) is -1.90. The Labute approximate surface area is 198 Å². The van der Waals surface area contributed by atoms with Crippen LogP contribution in [-0.4, -0.2) is 71.4 Å². The van der Waals surface area contributed by atoms with E-state index in [1.54, 1.807) is 4.90 Å². The normalized spacial score (nSPS) is 18.9. The second-order valence-corrected chi connectivity index (χ2v) is 8.36. The molecule has 2 heterocycles. The largest absolute Gasteiger partial charge is 0.416 e. The first kappa shape index (κ1) is 26.5. The monoisotopic (exact) mass is 502 g/mol. The number of hydrogen-bond acceptors (Lipinski definition) is 7. The molecule has 8 nitrogen and oxygen atoms in total. The molecule has 1 fully saturated rings. The van der Waals surface area contributed by atoms with Crippen molar-refractivity contribution >= 4 is 17.5 Å². The number of amides is 1. The molecule has 0 spiro atoms. The van der Waals surface area contributed by atoms with Gasteiger partial charge in [0.2, 0.25) is 11.7 Å². The third-order valence-electron chi connectivity index (χ3n) is 5.80. The summed E-state index contributed by atoms with van der Waals surface area (Å²) in [6.45, 7) is -0.0856. The van der Waals surface area contributed by atoms with Crippen LogP contribution in [0.15, 0.2) is 30.6 Å². The molecule has 35 heavy (non-hydrogen) atoms. The van der Waals surface area contributed by atoms with Crippen molar-refractivity contribution < 1.29 is 31.9 Å². The highest BCUT2D eigenvalue weighted by Gasteiger charge is 2.30. The summed E-state index contributed by atoms with van der Waals surface area (Å²) in [5, 5.41) is 13.2. The number of likely N-dealkylation sites (tertiary alicyclic amines) is 1. The molecular weight excluding hydrogens is 475 g/mol. The molecule has 13 heteroatoms. The number of hydrogen-bond donors (Lipinski definition) is 3. The number of benzene rings is 1. The van der Waals surface area contributed by atoms with Gasteiger partial charge in [0.15, 0.2) is 11.6 Å². The highest BCUT2D eigenvalue weighted by atomic mass is 19.4. The summed E-state index contributed by atoms with van der Waals surface area (Å²) in [6, 6.07) is 4.31. The second-order valence-electron chi connectivity index (χ2n) is 8.36. The predicted molar refractivity (Wildman–Crippen MR) is 119 cm³/mol. The number of carbonyl (C=O) groups excluding carboxylic acids is 1. The average molecular weight is 502 g/mol. The summed E-state index contributed by atoms with van der Waals surface area (Å²) in [6.07, 6.45) is -3.60. The van der Waals surface area contributed by atoms with E-state index in [9.17, 15) is 27.5 Å². The van der Waals surface area contributed by atoms with Crippen molar-refractivity contribution in [3.05, 3.63) is 47.5 Å². The molecule has 0 radical (unpaired) electrons. The Kier molecular flexibility index (Phi) is 8.78. The number of β-amino-alcohol motifs (C(OH)–C–C–N with tert-alkyl or cyclic N) is 1. The quantitative estimate of drug-likeness (QED) is 0.428. The molecule has 2 atom stereocenters. The number of carbonyl (C=O) groups is 1. The van der Waals surface area contributed by atoms with Crippen molar-refractivity contribution in [2.45, 2.75) is 25.2 Å². The van der Waals surface area contributed by atoms with Crippen LogP contribution in [0.4, 0.5) is 33.6 Å². The van der Waals surface area contributed by atoms with E-state index in [1.807, 2.05) is 0 Å². The number of aliphatic hydroxyl groups is 1. The van der Waals surface area contributed by atoms with Gasteiger partial charge in [0.05, 0.1) is 18.2 Å². The summed E-state index contributed by atoms with van der Waals surface area (Å²) in [5.41, 5.74) is 4.79. The number of anilines is 2. The van der Waals surface area contributed by atoms with Gasteiger partial charge in [-0.3, -0.25) is 9.69 Å². The van der Waals surface area contributed by atoms with Gasteiger partial charge in [-0.15, -0.1) is 0 Å². The molecule has 1 aromatic carbocycles. The predicted octanol–water partition coefficient (Wildman–Crippen LogP) is 2.19. The minimum Gasteiger partial charge on any atom is -0.391 e. The summed E-state index contributed by atoms with van der Waals surface area (Å²) in [7, 11) is 0. The SMILES string of the molecule is NC(=O)CN1CC[C@@H](CNc2ncnc(N(CCF)Cc3ccc(C(F)(F)F)cc3)c2F)[C@H](O)C1. The van der Waals surface area contributed by atoms with Gasteiger partial charge in [0, 0.05) is 32.1 Å². The van der Waals surface area contributed by atoms with Crippen LogP contribution in [0.1, 0.15) is 17.5 Å². The fourth-order valence-electron chi connectivity index (χ4n) is 3.96. The zero-order chi connectivity index (χ0) is 25.6. The van der Waals surface area contributed by atoms with Crippen LogP contribution in [0.25, 0.3) is 0 Å². The Hall–Kier alpha value is -3.06. The third-order valence-corrected chi connectivity index (χ3v) is 5.80. The molecule has 0 unspecified atom stereocenters. The third kappa shape index (κ3) is 7.21. The van der Waals surface area contributed by atoms with E-state index in [4.69, 9.17) is 5.73 Å². The van der Waals surface area contributed by atoms with Crippen LogP contribution in [0.3, 0.4) is 0 Å². The molecular formula is C22H27F5N6O2.